The Morgan fingerprint density at radius 2 is 2.05 bits per heavy atom. The molecule has 1 aliphatic heterocycles. The van der Waals surface area contributed by atoms with Crippen molar-refractivity contribution in [2.45, 2.75) is 26.8 Å². The molecule has 0 radical (unpaired) electrons. The Balaban J connectivity index is 2.61. The first-order valence-corrected chi connectivity index (χ1v) is 6.00. The number of fused-ring (bicyclic) bond motifs is 1. The van der Waals surface area contributed by atoms with E-state index in [0.717, 1.165) is 11.3 Å². The van der Waals surface area contributed by atoms with E-state index in [9.17, 15) is 14.7 Å². The maximum atomic E-state index is 11.5. The first-order valence-electron chi connectivity index (χ1n) is 6.00. The minimum atomic E-state index is -1.08. The lowest BCUT2D eigenvalue weighted by Gasteiger charge is -2.30. The molecule has 0 saturated heterocycles. The van der Waals surface area contributed by atoms with Crippen LogP contribution in [0.25, 0.3) is 0 Å². The van der Waals surface area contributed by atoms with E-state index in [0.29, 0.717) is 25.1 Å². The smallest absolute Gasteiger partial charge is 0.341 e. The molecule has 0 fully saturated rings. The van der Waals surface area contributed by atoms with Crippen LogP contribution in [0.3, 0.4) is 0 Å². The first-order chi connectivity index (χ1) is 8.95. The van der Waals surface area contributed by atoms with Crippen LogP contribution >= 0.6 is 0 Å². The van der Waals surface area contributed by atoms with Crippen LogP contribution in [0.4, 0.5) is 0 Å². The molecule has 1 aromatic heterocycles. The summed E-state index contributed by atoms with van der Waals surface area (Å²) in [6.45, 7) is 4.20. The summed E-state index contributed by atoms with van der Waals surface area (Å²) in [5.74, 6) is -1.03. The second-order valence-corrected chi connectivity index (χ2v) is 4.53. The molecule has 0 aliphatic carbocycles. The van der Waals surface area contributed by atoms with Gasteiger partial charge in [-0.3, -0.25) is 4.79 Å². The molecule has 6 nitrogen and oxygen atoms in total. The second kappa shape index (κ2) is 4.87. The molecular weight excluding hydrogens is 248 g/mol. The van der Waals surface area contributed by atoms with Crippen LogP contribution in [0.5, 0.6) is 5.88 Å². The summed E-state index contributed by atoms with van der Waals surface area (Å²) in [5.41, 5.74) is 2.38. The first kappa shape index (κ1) is 13.3. The normalized spacial score (nSPS) is 13.9. The van der Waals surface area contributed by atoms with Gasteiger partial charge in [0.1, 0.15) is 5.56 Å². The SMILES string of the molecule is COc1nc(C)c2c(c1C(=O)O)CN(C(C)=O)CC2. The number of aromatic carboxylic acids is 1. The number of carboxylic acid groups (broad SMARTS) is 1. The fourth-order valence-corrected chi connectivity index (χ4v) is 2.43. The lowest BCUT2D eigenvalue weighted by molar-refractivity contribution is -0.129. The van der Waals surface area contributed by atoms with E-state index in [4.69, 9.17) is 4.74 Å². The Morgan fingerprint density at radius 1 is 1.37 bits per heavy atom. The lowest BCUT2D eigenvalue weighted by atomic mass is 9.94. The number of rotatable bonds is 2. The molecule has 1 N–H and O–H groups in total. The van der Waals surface area contributed by atoms with Gasteiger partial charge < -0.3 is 14.7 Å². The maximum Gasteiger partial charge on any atom is 0.341 e. The quantitative estimate of drug-likeness (QED) is 0.862. The van der Waals surface area contributed by atoms with E-state index in [2.05, 4.69) is 4.98 Å². The van der Waals surface area contributed by atoms with Gasteiger partial charge in [0.05, 0.1) is 7.11 Å². The third-order valence-corrected chi connectivity index (χ3v) is 3.42. The topological polar surface area (TPSA) is 79.7 Å². The van der Waals surface area contributed by atoms with Crippen LogP contribution in [-0.2, 0) is 17.8 Å². The third kappa shape index (κ3) is 2.25. The van der Waals surface area contributed by atoms with E-state index in [1.807, 2.05) is 6.92 Å². The van der Waals surface area contributed by atoms with E-state index in [-0.39, 0.29) is 17.4 Å². The number of methoxy groups -OCH3 is 1. The van der Waals surface area contributed by atoms with Crippen molar-refractivity contribution < 1.29 is 19.4 Å². The van der Waals surface area contributed by atoms with Crippen LogP contribution < -0.4 is 4.74 Å². The molecule has 0 saturated carbocycles. The summed E-state index contributed by atoms with van der Waals surface area (Å²) in [6.07, 6.45) is 0.623. The molecule has 1 amide bonds. The van der Waals surface area contributed by atoms with Crippen LogP contribution in [-0.4, -0.2) is 40.5 Å². The van der Waals surface area contributed by atoms with E-state index >= 15 is 0 Å². The van der Waals surface area contributed by atoms with Gasteiger partial charge in [-0.1, -0.05) is 0 Å². The van der Waals surface area contributed by atoms with Crippen molar-refractivity contribution in [3.63, 3.8) is 0 Å². The molecule has 0 atom stereocenters. The van der Waals surface area contributed by atoms with Gasteiger partial charge >= 0.3 is 5.97 Å². The average molecular weight is 264 g/mol. The summed E-state index contributed by atoms with van der Waals surface area (Å²) < 4.78 is 5.05. The van der Waals surface area contributed by atoms with Crippen molar-refractivity contribution in [1.29, 1.82) is 0 Å². The Morgan fingerprint density at radius 3 is 2.58 bits per heavy atom. The molecular formula is C13H16N2O4. The van der Waals surface area contributed by atoms with Gasteiger partial charge in [-0.15, -0.1) is 0 Å². The summed E-state index contributed by atoms with van der Waals surface area (Å²) >= 11 is 0. The Bertz CT molecular complexity index is 554. The van der Waals surface area contributed by atoms with Gasteiger partial charge in [0.25, 0.3) is 0 Å². The Kier molecular flexibility index (Phi) is 3.42. The van der Waals surface area contributed by atoms with Gasteiger partial charge in [-0.05, 0) is 24.5 Å². The highest BCUT2D eigenvalue weighted by molar-refractivity contribution is 5.93. The molecule has 0 spiro atoms. The number of ether oxygens (including phenoxy) is 1. The number of carboxylic acids is 1. The fraction of sp³-hybridized carbons (Fsp3) is 0.462. The highest BCUT2D eigenvalue weighted by Crippen LogP contribution is 2.30. The molecule has 0 bridgehead atoms. The zero-order chi connectivity index (χ0) is 14.2. The molecule has 0 aromatic carbocycles. The van der Waals surface area contributed by atoms with Gasteiger partial charge in [0.2, 0.25) is 11.8 Å². The molecule has 19 heavy (non-hydrogen) atoms. The van der Waals surface area contributed by atoms with Crippen LogP contribution in [0.1, 0.15) is 34.1 Å². The lowest BCUT2D eigenvalue weighted by Crippen LogP contribution is -2.36. The average Bonchev–Trinajstić information content (AvgIpc) is 2.37. The number of pyridine rings is 1. The standard InChI is InChI=1S/C13H16N2O4/c1-7-9-4-5-15(8(2)16)6-10(9)11(13(17)18)12(14-7)19-3/h4-6H2,1-3H3,(H,17,18). The van der Waals surface area contributed by atoms with Crippen molar-refractivity contribution in [2.75, 3.05) is 13.7 Å². The third-order valence-electron chi connectivity index (χ3n) is 3.42. The highest BCUT2D eigenvalue weighted by Gasteiger charge is 2.28. The van der Waals surface area contributed by atoms with Crippen molar-refractivity contribution in [2.24, 2.45) is 0 Å². The zero-order valence-electron chi connectivity index (χ0n) is 11.2. The van der Waals surface area contributed by atoms with Crippen molar-refractivity contribution in [1.82, 2.24) is 9.88 Å². The number of hydrogen-bond donors (Lipinski definition) is 1. The Hall–Kier alpha value is -2.11. The number of aryl methyl sites for hydroxylation is 1. The molecule has 0 unspecified atom stereocenters. The second-order valence-electron chi connectivity index (χ2n) is 4.53. The largest absolute Gasteiger partial charge is 0.480 e. The number of hydrogen-bond acceptors (Lipinski definition) is 4. The molecule has 2 rings (SSSR count). The van der Waals surface area contributed by atoms with E-state index in [1.165, 1.54) is 14.0 Å². The number of carbonyl (C=O) groups is 2. The van der Waals surface area contributed by atoms with E-state index < -0.39 is 5.97 Å². The summed E-state index contributed by atoms with van der Waals surface area (Å²) in [6, 6.07) is 0. The zero-order valence-corrected chi connectivity index (χ0v) is 11.2. The van der Waals surface area contributed by atoms with E-state index in [1.54, 1.807) is 4.90 Å². The van der Waals surface area contributed by atoms with Crippen molar-refractivity contribution in [3.05, 3.63) is 22.4 Å². The van der Waals surface area contributed by atoms with Crippen LogP contribution in [0, 0.1) is 6.92 Å². The summed E-state index contributed by atoms with van der Waals surface area (Å²) in [5, 5.41) is 9.35. The van der Waals surface area contributed by atoms with Gasteiger partial charge in [-0.2, -0.15) is 0 Å². The van der Waals surface area contributed by atoms with Crippen LogP contribution in [0.15, 0.2) is 0 Å². The predicted molar refractivity (Wildman–Crippen MR) is 67.3 cm³/mol. The maximum absolute atomic E-state index is 11.5. The number of carbonyl (C=O) groups excluding carboxylic acids is 1. The number of amides is 1. The summed E-state index contributed by atoms with van der Waals surface area (Å²) in [4.78, 5) is 28.7. The number of nitrogens with zero attached hydrogens (tertiary/aromatic N) is 2. The number of aromatic nitrogens is 1. The van der Waals surface area contributed by atoms with Gasteiger partial charge in [0.15, 0.2) is 0 Å². The fourth-order valence-electron chi connectivity index (χ4n) is 2.43. The Labute approximate surface area is 111 Å². The minimum Gasteiger partial charge on any atom is -0.480 e. The molecule has 6 heteroatoms. The van der Waals surface area contributed by atoms with Gasteiger partial charge in [-0.25, -0.2) is 9.78 Å². The monoisotopic (exact) mass is 264 g/mol. The van der Waals surface area contributed by atoms with Crippen molar-refractivity contribution in [3.8, 4) is 5.88 Å². The van der Waals surface area contributed by atoms with Gasteiger partial charge in [0, 0.05) is 25.7 Å². The summed E-state index contributed by atoms with van der Waals surface area (Å²) in [7, 11) is 1.40. The predicted octanol–water partition coefficient (Wildman–Crippen LogP) is 1.00. The molecule has 2 heterocycles. The molecule has 1 aliphatic rings. The molecule has 1 aromatic rings. The molecule has 102 valence electrons. The highest BCUT2D eigenvalue weighted by atomic mass is 16.5. The van der Waals surface area contributed by atoms with Crippen LogP contribution in [0.2, 0.25) is 0 Å². The van der Waals surface area contributed by atoms with Crippen molar-refractivity contribution >= 4 is 11.9 Å². The minimum absolute atomic E-state index is 0.0598.